The normalized spacial score (nSPS) is 16.3. The number of carbonyl (C=O) groups excluding carboxylic acids is 8. The van der Waals surface area contributed by atoms with Crippen LogP contribution in [0.3, 0.4) is 0 Å². The third kappa shape index (κ3) is 21.5. The van der Waals surface area contributed by atoms with E-state index in [1.54, 1.807) is 34.6 Å². The van der Waals surface area contributed by atoms with E-state index < -0.39 is 132 Å². The second kappa shape index (κ2) is 27.9. The Hall–Kier alpha value is -4.85. The average molecular weight is 870 g/mol. The minimum Gasteiger partial charge on any atom is -0.480 e. The molecule has 350 valence electrons. The number of nitrogens with two attached hydrogens (primary N) is 1. The number of hydrogen-bond donors (Lipinski definition) is 11. The summed E-state index contributed by atoms with van der Waals surface area (Å²) in [6.07, 6.45) is 0.150. The average Bonchev–Trinajstić information content (AvgIpc) is 3.16. The number of aliphatic carboxylic acids is 1. The molecule has 8 amide bonds. The van der Waals surface area contributed by atoms with Crippen LogP contribution in [-0.4, -0.2) is 125 Å². The van der Waals surface area contributed by atoms with E-state index in [2.05, 4.69) is 42.5 Å². The van der Waals surface area contributed by atoms with Gasteiger partial charge in [0.2, 0.25) is 47.3 Å². The van der Waals surface area contributed by atoms with Gasteiger partial charge in [0.05, 0.1) is 19.2 Å². The summed E-state index contributed by atoms with van der Waals surface area (Å²) in [7, 11) is 0. The van der Waals surface area contributed by atoms with Gasteiger partial charge in [-0.1, -0.05) is 82.1 Å². The first-order valence-electron chi connectivity index (χ1n) is 21.3. The van der Waals surface area contributed by atoms with Gasteiger partial charge in [0, 0.05) is 12.5 Å². The van der Waals surface area contributed by atoms with E-state index in [0.717, 1.165) is 0 Å². The van der Waals surface area contributed by atoms with Gasteiger partial charge in [0.15, 0.2) is 0 Å². The second-order valence-corrected chi connectivity index (χ2v) is 17.1. The van der Waals surface area contributed by atoms with E-state index in [-0.39, 0.29) is 31.1 Å². The van der Waals surface area contributed by atoms with Gasteiger partial charge in [-0.15, -0.1) is 0 Å². The van der Waals surface area contributed by atoms with Crippen LogP contribution in [0, 0.1) is 29.6 Å². The standard InChI is InChI=1S/C41H75N9O11/c1-13-23(9)34(48-31(53)18-43-37(56)28(15-20(3)4)46-36(55)25(11)45-30(52)17-27(42)26(12)51)39(58)44-19-32(54)49-35(24(10)14-2)40(59)47-29(16-21(5)6)38(57)50-33(22(7)8)41(60)61/h20-29,33-35,51H,13-19,42H2,1-12H3,(H,43,56)(H,44,58)(H,45,52)(H,46,55)(H,47,59)(H,48,53)(H,49,54)(H,50,57)(H,60,61)/t23-,24-,25-,26-,27+,28-,29-,33-,34-,35-/m0/s1. The number of amides is 8. The molecule has 20 nitrogen and oxygen atoms in total. The van der Waals surface area contributed by atoms with Crippen molar-refractivity contribution < 1.29 is 53.4 Å². The Balaban J connectivity index is 5.66. The van der Waals surface area contributed by atoms with Crippen molar-refractivity contribution in [2.45, 2.75) is 164 Å². The highest BCUT2D eigenvalue weighted by Gasteiger charge is 2.34. The molecule has 0 aliphatic heterocycles. The van der Waals surface area contributed by atoms with Crippen LogP contribution in [-0.2, 0) is 43.2 Å². The SMILES string of the molecule is CC[C@H](C)[C@H](NC(=O)CNC(=O)[C@H](CC(C)C)NC(=O)[C@H](C)NC(=O)C[C@@H](N)[C@H](C)O)C(=O)NCC(=O)N[C@H](C(=O)N[C@@H](CC(C)C)C(=O)N[C@H](C(=O)O)C(C)C)[C@@H](C)CC. The van der Waals surface area contributed by atoms with Crippen LogP contribution in [0.1, 0.15) is 115 Å². The minimum atomic E-state index is -1.21. The van der Waals surface area contributed by atoms with Crippen LogP contribution < -0.4 is 48.3 Å². The van der Waals surface area contributed by atoms with E-state index in [9.17, 15) is 53.4 Å². The Morgan fingerprint density at radius 1 is 0.508 bits per heavy atom. The lowest BCUT2D eigenvalue weighted by Gasteiger charge is -2.28. The van der Waals surface area contributed by atoms with Gasteiger partial charge in [-0.3, -0.25) is 38.4 Å². The lowest BCUT2D eigenvalue weighted by molar-refractivity contribution is -0.143. The molecule has 0 fully saturated rings. The number of aliphatic hydroxyl groups excluding tert-OH is 1. The maximum Gasteiger partial charge on any atom is 0.326 e. The Morgan fingerprint density at radius 2 is 0.934 bits per heavy atom. The first-order chi connectivity index (χ1) is 28.2. The van der Waals surface area contributed by atoms with Gasteiger partial charge >= 0.3 is 5.97 Å². The minimum absolute atomic E-state index is 0.0548. The lowest BCUT2D eigenvalue weighted by Crippen LogP contribution is -2.59. The maximum absolute atomic E-state index is 13.6. The molecule has 12 N–H and O–H groups in total. The second-order valence-electron chi connectivity index (χ2n) is 17.1. The number of carboxylic acids is 1. The summed E-state index contributed by atoms with van der Waals surface area (Å²) in [6, 6.07) is -7.44. The van der Waals surface area contributed by atoms with Crippen LogP contribution >= 0.6 is 0 Å². The first-order valence-corrected chi connectivity index (χ1v) is 21.3. The molecule has 0 spiro atoms. The molecule has 0 saturated carbocycles. The summed E-state index contributed by atoms with van der Waals surface area (Å²) in [4.78, 5) is 116. The molecule has 0 bridgehead atoms. The number of nitrogens with one attached hydrogen (secondary N) is 8. The quantitative estimate of drug-likeness (QED) is 0.0459. The van der Waals surface area contributed by atoms with Crippen molar-refractivity contribution in [3.05, 3.63) is 0 Å². The summed E-state index contributed by atoms with van der Waals surface area (Å²) in [5, 5.41) is 39.6. The predicted molar refractivity (Wildman–Crippen MR) is 228 cm³/mol. The molecule has 20 heteroatoms. The molecule has 0 aromatic carbocycles. The van der Waals surface area contributed by atoms with Crippen LogP contribution in [0.4, 0.5) is 0 Å². The highest BCUT2D eigenvalue weighted by Crippen LogP contribution is 2.13. The van der Waals surface area contributed by atoms with Gasteiger partial charge in [0.25, 0.3) is 0 Å². The molecular formula is C41H75N9O11. The highest BCUT2D eigenvalue weighted by atomic mass is 16.4. The smallest absolute Gasteiger partial charge is 0.326 e. The molecule has 0 aromatic rings. The number of aliphatic hydroxyl groups is 1. The molecule has 0 saturated heterocycles. The zero-order valence-electron chi connectivity index (χ0n) is 38.1. The summed E-state index contributed by atoms with van der Waals surface area (Å²) >= 11 is 0. The van der Waals surface area contributed by atoms with Gasteiger partial charge in [-0.05, 0) is 56.3 Å². The molecular weight excluding hydrogens is 795 g/mol. The van der Waals surface area contributed by atoms with Crippen molar-refractivity contribution in [2.75, 3.05) is 13.1 Å². The number of carboxylic acid groups (broad SMARTS) is 1. The predicted octanol–water partition coefficient (Wildman–Crippen LogP) is -0.829. The monoisotopic (exact) mass is 870 g/mol. The summed E-state index contributed by atoms with van der Waals surface area (Å²) in [5.41, 5.74) is 5.72. The zero-order chi connectivity index (χ0) is 47.3. The van der Waals surface area contributed by atoms with Crippen molar-refractivity contribution in [1.82, 2.24) is 42.5 Å². The molecule has 0 aliphatic carbocycles. The van der Waals surface area contributed by atoms with Gasteiger partial charge < -0.3 is 58.5 Å². The van der Waals surface area contributed by atoms with Crippen molar-refractivity contribution in [2.24, 2.45) is 35.3 Å². The van der Waals surface area contributed by atoms with Gasteiger partial charge in [-0.25, -0.2) is 4.79 Å². The van der Waals surface area contributed by atoms with E-state index >= 15 is 0 Å². The first kappa shape index (κ1) is 56.1. The third-order valence-electron chi connectivity index (χ3n) is 10.2. The summed E-state index contributed by atoms with van der Waals surface area (Å²) < 4.78 is 0. The fourth-order valence-corrected chi connectivity index (χ4v) is 5.90. The van der Waals surface area contributed by atoms with E-state index in [1.165, 1.54) is 13.8 Å². The van der Waals surface area contributed by atoms with Gasteiger partial charge in [0.1, 0.15) is 36.3 Å². The third-order valence-corrected chi connectivity index (χ3v) is 10.2. The topological polar surface area (TPSA) is 316 Å². The fraction of sp³-hybridized carbons (Fsp3) is 0.780. The summed E-state index contributed by atoms with van der Waals surface area (Å²) in [6.45, 7) is 19.4. The van der Waals surface area contributed by atoms with Crippen LogP contribution in [0.5, 0.6) is 0 Å². The Kier molecular flexibility index (Phi) is 25.7. The lowest BCUT2D eigenvalue weighted by atomic mass is 9.96. The number of rotatable bonds is 28. The van der Waals surface area contributed by atoms with Crippen LogP contribution in [0.2, 0.25) is 0 Å². The van der Waals surface area contributed by atoms with Crippen LogP contribution in [0.15, 0.2) is 0 Å². The Labute approximate surface area is 360 Å². The number of hydrogen-bond acceptors (Lipinski definition) is 11. The van der Waals surface area contributed by atoms with Gasteiger partial charge in [-0.2, -0.15) is 0 Å². The Morgan fingerprint density at radius 3 is 1.34 bits per heavy atom. The molecule has 0 heterocycles. The number of carbonyl (C=O) groups is 9. The molecule has 0 aromatic heterocycles. The maximum atomic E-state index is 13.6. The largest absolute Gasteiger partial charge is 0.480 e. The van der Waals surface area contributed by atoms with Crippen molar-refractivity contribution in [3.63, 3.8) is 0 Å². The van der Waals surface area contributed by atoms with E-state index in [4.69, 9.17) is 5.73 Å². The zero-order valence-corrected chi connectivity index (χ0v) is 38.1. The van der Waals surface area contributed by atoms with E-state index in [0.29, 0.717) is 12.8 Å². The van der Waals surface area contributed by atoms with E-state index in [1.807, 2.05) is 34.6 Å². The molecule has 10 atom stereocenters. The van der Waals surface area contributed by atoms with Crippen LogP contribution in [0.25, 0.3) is 0 Å². The molecule has 0 rings (SSSR count). The fourth-order valence-electron chi connectivity index (χ4n) is 5.90. The Bertz CT molecular complexity index is 1490. The highest BCUT2D eigenvalue weighted by molar-refractivity contribution is 5.96. The molecule has 0 radical (unpaired) electrons. The van der Waals surface area contributed by atoms with Crippen molar-refractivity contribution in [1.29, 1.82) is 0 Å². The molecule has 0 unspecified atom stereocenters. The summed E-state index contributed by atoms with van der Waals surface area (Å²) in [5.74, 6) is -7.95. The van der Waals surface area contributed by atoms with Crippen molar-refractivity contribution >= 4 is 53.2 Å². The molecule has 61 heavy (non-hydrogen) atoms. The van der Waals surface area contributed by atoms with Crippen molar-refractivity contribution in [3.8, 4) is 0 Å². The molecule has 0 aliphatic rings.